The van der Waals surface area contributed by atoms with Crippen molar-refractivity contribution in [3.05, 3.63) is 94.4 Å². The summed E-state index contributed by atoms with van der Waals surface area (Å²) in [5.41, 5.74) is 3.81. The molecule has 2 aromatic heterocycles. The van der Waals surface area contributed by atoms with Crippen LogP contribution in [0.15, 0.2) is 82.8 Å². The Hall–Kier alpha value is -4.02. The van der Waals surface area contributed by atoms with E-state index in [2.05, 4.69) is 74.0 Å². The standard InChI is InChI=1S/C32H30BrN5O4.C2H6/c1-36-18-22-12-27-32(25-9-6-10-26(36)30(22)25,42-28-13-29(39)38(35-28)24-7-4-3-5-8-24)14-20(17-37(27)2)19-41-31(40)21-11-23(33)16-34-15-21;1-2/h3-11,15-16,18,20,27H,12-14,17,19H2,1-2H3;1-2H3/t20-,27-,32+;/m1./s1. The predicted molar refractivity (Wildman–Crippen MR) is 173 cm³/mol. The number of carbonyl (C=O) groups excluding carboxylic acids is 2. The highest BCUT2D eigenvalue weighted by Crippen LogP contribution is 2.50. The monoisotopic (exact) mass is 657 g/mol. The zero-order valence-electron chi connectivity index (χ0n) is 25.4. The minimum Gasteiger partial charge on any atom is -0.466 e. The molecule has 7 rings (SSSR count). The van der Waals surface area contributed by atoms with Crippen molar-refractivity contribution < 1.29 is 19.1 Å². The molecule has 2 aliphatic heterocycles. The molecule has 3 atom stereocenters. The van der Waals surface area contributed by atoms with Gasteiger partial charge in [0.1, 0.15) is 6.42 Å². The molecule has 3 aliphatic rings. The first-order chi connectivity index (χ1) is 21.3. The van der Waals surface area contributed by atoms with Gasteiger partial charge < -0.3 is 14.0 Å². The number of nitrogens with zero attached hydrogens (tertiary/aromatic N) is 5. The van der Waals surface area contributed by atoms with Crippen LogP contribution in [0, 0.1) is 5.92 Å². The molecule has 4 aromatic rings. The Labute approximate surface area is 265 Å². The van der Waals surface area contributed by atoms with Gasteiger partial charge in [0.2, 0.25) is 5.90 Å². The first-order valence-corrected chi connectivity index (χ1v) is 15.8. The molecule has 10 heteroatoms. The van der Waals surface area contributed by atoms with Gasteiger partial charge in [-0.2, -0.15) is 5.01 Å². The summed E-state index contributed by atoms with van der Waals surface area (Å²) in [5.74, 6) is -0.157. The molecule has 228 valence electrons. The maximum atomic E-state index is 13.1. The molecular formula is C34H36BrN5O4. The smallest absolute Gasteiger partial charge is 0.339 e. The highest BCUT2D eigenvalue weighted by atomic mass is 79.9. The van der Waals surface area contributed by atoms with Gasteiger partial charge in [-0.1, -0.05) is 44.2 Å². The van der Waals surface area contributed by atoms with E-state index in [1.807, 2.05) is 44.2 Å². The largest absolute Gasteiger partial charge is 0.466 e. The van der Waals surface area contributed by atoms with Gasteiger partial charge in [0.15, 0.2) is 5.60 Å². The number of hydrogen-bond acceptors (Lipinski definition) is 7. The van der Waals surface area contributed by atoms with Gasteiger partial charge in [-0.3, -0.25) is 14.7 Å². The number of rotatable bonds is 5. The van der Waals surface area contributed by atoms with Crippen molar-refractivity contribution >= 4 is 50.3 Å². The average Bonchev–Trinajstić information content (AvgIpc) is 3.57. The minimum absolute atomic E-state index is 0.00260. The summed E-state index contributed by atoms with van der Waals surface area (Å²) in [5, 5.41) is 7.29. The summed E-state index contributed by atoms with van der Waals surface area (Å²) >= 11 is 3.37. The van der Waals surface area contributed by atoms with Crippen LogP contribution in [-0.4, -0.2) is 58.5 Å². The van der Waals surface area contributed by atoms with Crippen molar-refractivity contribution in [2.24, 2.45) is 18.1 Å². The summed E-state index contributed by atoms with van der Waals surface area (Å²) in [6.45, 7) is 4.96. The molecule has 9 nitrogen and oxygen atoms in total. The number of para-hydroxylation sites is 1. The number of benzene rings is 2. The maximum Gasteiger partial charge on any atom is 0.339 e. The van der Waals surface area contributed by atoms with Gasteiger partial charge in [0.25, 0.3) is 5.91 Å². The van der Waals surface area contributed by atoms with E-state index >= 15 is 0 Å². The highest BCUT2D eigenvalue weighted by molar-refractivity contribution is 9.10. The molecular weight excluding hydrogens is 622 g/mol. The van der Waals surface area contributed by atoms with Gasteiger partial charge in [-0.15, -0.1) is 5.10 Å². The lowest BCUT2D eigenvalue weighted by molar-refractivity contribution is -0.117. The van der Waals surface area contributed by atoms with E-state index in [1.54, 1.807) is 12.3 Å². The summed E-state index contributed by atoms with van der Waals surface area (Å²) in [6, 6.07) is 17.4. The van der Waals surface area contributed by atoms with Crippen LogP contribution in [0.3, 0.4) is 0 Å². The zero-order chi connectivity index (χ0) is 31.0. The molecule has 0 unspecified atom stereocenters. The number of ether oxygens (including phenoxy) is 2. The zero-order valence-corrected chi connectivity index (χ0v) is 27.0. The first kappa shape index (κ1) is 30.0. The van der Waals surface area contributed by atoms with Crippen molar-refractivity contribution in [3.63, 3.8) is 0 Å². The molecule has 44 heavy (non-hydrogen) atoms. The van der Waals surface area contributed by atoms with E-state index in [0.29, 0.717) is 23.6 Å². The van der Waals surface area contributed by atoms with Crippen molar-refractivity contribution in [2.45, 2.75) is 44.8 Å². The molecule has 0 saturated carbocycles. The number of amides is 1. The molecule has 0 spiro atoms. The maximum absolute atomic E-state index is 13.1. The lowest BCUT2D eigenvalue weighted by atomic mass is 9.68. The lowest BCUT2D eigenvalue weighted by Gasteiger charge is -2.53. The normalized spacial score (nSPS) is 22.6. The number of pyridine rings is 1. The number of halogens is 1. The van der Waals surface area contributed by atoms with Crippen molar-refractivity contribution in [3.8, 4) is 0 Å². The van der Waals surface area contributed by atoms with Crippen molar-refractivity contribution in [1.29, 1.82) is 0 Å². The molecule has 4 heterocycles. The van der Waals surface area contributed by atoms with E-state index in [4.69, 9.17) is 9.47 Å². The van der Waals surface area contributed by atoms with Gasteiger partial charge in [0.05, 0.1) is 23.9 Å². The second-order valence-electron chi connectivity index (χ2n) is 11.4. The number of hydrogen-bond donors (Lipinski definition) is 0. The number of fused-ring (bicyclic) bond motifs is 2. The van der Waals surface area contributed by atoms with Crippen molar-refractivity contribution in [2.75, 3.05) is 25.2 Å². The number of piperidine rings is 1. The average molecular weight is 659 g/mol. The summed E-state index contributed by atoms with van der Waals surface area (Å²) in [7, 11) is 4.17. The third kappa shape index (κ3) is 5.30. The van der Waals surface area contributed by atoms with E-state index in [1.165, 1.54) is 22.2 Å². The predicted octanol–water partition coefficient (Wildman–Crippen LogP) is 6.06. The Morgan fingerprint density at radius 3 is 2.66 bits per heavy atom. The Bertz CT molecular complexity index is 1740. The van der Waals surface area contributed by atoms with Crippen LogP contribution in [0.5, 0.6) is 0 Å². The third-order valence-electron chi connectivity index (χ3n) is 8.61. The number of anilines is 1. The van der Waals surface area contributed by atoms with Gasteiger partial charge in [0, 0.05) is 65.5 Å². The number of esters is 1. The molecule has 1 fully saturated rings. The van der Waals surface area contributed by atoms with Crippen molar-refractivity contribution in [1.82, 2.24) is 14.5 Å². The fraction of sp³-hybridized carbons (Fsp3) is 0.353. The molecule has 0 bridgehead atoms. The SMILES string of the molecule is CC.CN1C[C@H](COC(=O)c2cncc(Br)c2)C[C@]2(OC3=NN(c4ccccc4)C(=O)C3)c3cccc4c3c(cn4C)C[C@@H]12. The van der Waals surface area contributed by atoms with Crippen LogP contribution in [0.1, 0.15) is 48.2 Å². The Morgan fingerprint density at radius 2 is 1.89 bits per heavy atom. The van der Waals surface area contributed by atoms with Crippen LogP contribution in [0.4, 0.5) is 5.69 Å². The fourth-order valence-corrected chi connectivity index (χ4v) is 7.27. The van der Waals surface area contributed by atoms with Crippen LogP contribution >= 0.6 is 15.9 Å². The van der Waals surface area contributed by atoms with Crippen LogP contribution in [0.2, 0.25) is 0 Å². The van der Waals surface area contributed by atoms with Crippen LogP contribution < -0.4 is 5.01 Å². The summed E-state index contributed by atoms with van der Waals surface area (Å²) in [4.78, 5) is 32.4. The molecule has 1 saturated heterocycles. The van der Waals surface area contributed by atoms with E-state index in [0.717, 1.165) is 28.5 Å². The third-order valence-corrected chi connectivity index (χ3v) is 9.05. The quantitative estimate of drug-likeness (QED) is 0.243. The Morgan fingerprint density at radius 1 is 1.09 bits per heavy atom. The molecule has 0 N–H and O–H groups in total. The number of carbonyl (C=O) groups is 2. The molecule has 0 radical (unpaired) electrons. The van der Waals surface area contributed by atoms with Crippen LogP contribution in [-0.2, 0) is 33.3 Å². The molecule has 1 amide bonds. The van der Waals surface area contributed by atoms with E-state index < -0.39 is 11.6 Å². The Kier molecular flexibility index (Phi) is 8.30. The second-order valence-corrected chi connectivity index (χ2v) is 12.3. The van der Waals surface area contributed by atoms with E-state index in [-0.39, 0.29) is 30.9 Å². The Balaban J connectivity index is 0.00000168. The second kappa shape index (κ2) is 12.2. The topological polar surface area (TPSA) is 89.3 Å². The van der Waals surface area contributed by atoms with Gasteiger partial charge >= 0.3 is 5.97 Å². The summed E-state index contributed by atoms with van der Waals surface area (Å²) < 4.78 is 15.7. The summed E-state index contributed by atoms with van der Waals surface area (Å²) in [6.07, 6.45) is 6.83. The molecule has 2 aromatic carbocycles. The number of aryl methyl sites for hydroxylation is 1. The minimum atomic E-state index is -0.791. The number of aromatic nitrogens is 2. The van der Waals surface area contributed by atoms with E-state index in [9.17, 15) is 9.59 Å². The lowest BCUT2D eigenvalue weighted by Crippen LogP contribution is -2.60. The molecule has 1 aliphatic carbocycles. The first-order valence-electron chi connectivity index (χ1n) is 15.0. The van der Waals surface area contributed by atoms with Gasteiger partial charge in [-0.05, 0) is 59.2 Å². The van der Waals surface area contributed by atoms with Crippen LogP contribution in [0.25, 0.3) is 10.9 Å². The number of likely N-dealkylation sites (tertiary alicyclic amines) is 1. The van der Waals surface area contributed by atoms with Gasteiger partial charge in [-0.25, -0.2) is 4.79 Å². The fourth-order valence-electron chi connectivity index (χ4n) is 6.91. The highest BCUT2D eigenvalue weighted by Gasteiger charge is 2.54. The number of hydrazone groups is 1. The number of likely N-dealkylation sites (N-methyl/N-ethyl adjacent to an activating group) is 1.